The van der Waals surface area contributed by atoms with Gasteiger partial charge >= 0.3 is 0 Å². The van der Waals surface area contributed by atoms with Crippen molar-refractivity contribution in [3.63, 3.8) is 0 Å². The van der Waals surface area contributed by atoms with Gasteiger partial charge in [0, 0.05) is 35.7 Å². The number of aliphatic hydroxyl groups excluding tert-OH is 1. The first-order valence-corrected chi connectivity index (χ1v) is 18.4. The van der Waals surface area contributed by atoms with Crippen LogP contribution in [0.3, 0.4) is 0 Å². The number of para-hydroxylation sites is 1. The molecule has 0 saturated carbocycles. The first-order chi connectivity index (χ1) is 26.6. The van der Waals surface area contributed by atoms with Gasteiger partial charge in [-0.15, -0.1) is 0 Å². The number of nitrogens with one attached hydrogen (secondary N) is 7. The topological polar surface area (TPSA) is 233 Å². The normalized spacial score (nSPS) is 12.4. The molecule has 0 aliphatic carbocycles. The van der Waals surface area contributed by atoms with E-state index in [1.54, 1.807) is 56.3 Å². The van der Waals surface area contributed by atoms with E-state index < -0.39 is 60.6 Å². The summed E-state index contributed by atoms with van der Waals surface area (Å²) in [5.41, 5.74) is 12.1. The van der Waals surface area contributed by atoms with E-state index >= 15 is 0 Å². The molecule has 6 amide bonds. The highest BCUT2D eigenvalue weighted by atomic mass is 16.3. The first-order valence-electron chi connectivity index (χ1n) is 18.4. The molecule has 0 fully saturated rings. The summed E-state index contributed by atoms with van der Waals surface area (Å²) < 4.78 is 0. The van der Waals surface area contributed by atoms with Gasteiger partial charge in [0.15, 0.2) is 0 Å². The zero-order chi connectivity index (χ0) is 41.4. The van der Waals surface area contributed by atoms with Crippen LogP contribution in [-0.2, 0) is 35.4 Å². The van der Waals surface area contributed by atoms with Crippen LogP contribution in [0.5, 0.6) is 0 Å². The van der Waals surface area contributed by atoms with Gasteiger partial charge in [0.2, 0.25) is 35.4 Å². The third-order valence-corrected chi connectivity index (χ3v) is 8.50. The van der Waals surface area contributed by atoms with Crippen LogP contribution in [0.25, 0.3) is 11.4 Å². The monoisotopic (exact) mass is 770 g/mol. The van der Waals surface area contributed by atoms with Crippen molar-refractivity contribution < 1.29 is 33.9 Å². The van der Waals surface area contributed by atoms with Crippen molar-refractivity contribution in [3.05, 3.63) is 95.1 Å². The van der Waals surface area contributed by atoms with Gasteiger partial charge in [-0.1, -0.05) is 68.4 Å². The average Bonchev–Trinajstić information content (AvgIpc) is 3.16. The Bertz CT molecular complexity index is 1890. The van der Waals surface area contributed by atoms with E-state index in [0.29, 0.717) is 28.2 Å². The second kappa shape index (κ2) is 21.6. The Balaban J connectivity index is 1.45. The average molecular weight is 771 g/mol. The SMILES string of the molecule is Cc1ccccc1/C(NC(C)C)=C(/N)c1ccccc1NC(=O)CCC(=O)NCC(=O)NCC(=O)N[C@H](C(=O)N[C@@H](C)C(=O)Nc1ccc(CO)cc1)C(C)C. The van der Waals surface area contributed by atoms with E-state index in [-0.39, 0.29) is 31.4 Å². The Morgan fingerprint density at radius 1 is 0.643 bits per heavy atom. The number of anilines is 2. The molecule has 0 spiro atoms. The smallest absolute Gasteiger partial charge is 0.246 e. The maximum atomic E-state index is 13.0. The molecule has 2 atom stereocenters. The standard InChI is InChI=1S/C41H54N8O7/c1-24(2)38(41(56)46-27(6)40(55)47-29-17-15-28(23-50)16-18-29)49-36(54)22-44-35(53)21-43-33(51)19-20-34(52)48-32-14-10-9-13-31(32)37(42)39(45-25(3)4)30-12-8-7-11-26(30)5/h7-18,24-25,27,38,45,50H,19-23,42H2,1-6H3,(H,43,51)(H,44,53)(H,46,56)(H,47,55)(H,48,52)(H,49,54)/b39-37-/t27-,38-/m0/s1. The van der Waals surface area contributed by atoms with Gasteiger partial charge in [-0.3, -0.25) is 28.8 Å². The molecule has 3 aromatic carbocycles. The van der Waals surface area contributed by atoms with Crippen LogP contribution in [-0.4, -0.2) is 71.8 Å². The molecule has 56 heavy (non-hydrogen) atoms. The molecule has 0 heterocycles. The van der Waals surface area contributed by atoms with Crippen molar-refractivity contribution >= 4 is 58.2 Å². The van der Waals surface area contributed by atoms with Gasteiger partial charge in [-0.05, 0) is 62.9 Å². The van der Waals surface area contributed by atoms with Gasteiger partial charge < -0.3 is 48.1 Å². The summed E-state index contributed by atoms with van der Waals surface area (Å²) in [6.07, 6.45) is -0.368. The van der Waals surface area contributed by atoms with Gasteiger partial charge in [0.05, 0.1) is 36.8 Å². The molecule has 3 aromatic rings. The summed E-state index contributed by atoms with van der Waals surface area (Å²) in [7, 11) is 0. The summed E-state index contributed by atoms with van der Waals surface area (Å²) in [6, 6.07) is 19.7. The quantitative estimate of drug-likeness (QED) is 0.0814. The second-order valence-corrected chi connectivity index (χ2v) is 13.9. The molecule has 0 aromatic heterocycles. The molecule has 15 heteroatoms. The number of nitrogens with two attached hydrogens (primary N) is 1. The predicted molar refractivity (Wildman–Crippen MR) is 216 cm³/mol. The summed E-state index contributed by atoms with van der Waals surface area (Å²) in [5.74, 6) is -3.71. The van der Waals surface area contributed by atoms with E-state index in [0.717, 1.165) is 16.8 Å². The Morgan fingerprint density at radius 3 is 1.86 bits per heavy atom. The number of rotatable bonds is 19. The fraction of sp³-hybridized carbons (Fsp3) is 0.366. The zero-order valence-corrected chi connectivity index (χ0v) is 32.7. The fourth-order valence-electron chi connectivity index (χ4n) is 5.42. The molecule has 0 aliphatic rings. The Kier molecular flexibility index (Phi) is 17.1. The molecule has 0 saturated heterocycles. The van der Waals surface area contributed by atoms with Crippen LogP contribution < -0.4 is 43.0 Å². The lowest BCUT2D eigenvalue weighted by molar-refractivity contribution is -0.132. The molecule has 3 rings (SSSR count). The minimum absolute atomic E-state index is 0.0830. The van der Waals surface area contributed by atoms with Crippen molar-refractivity contribution in [2.24, 2.45) is 11.7 Å². The third-order valence-electron chi connectivity index (χ3n) is 8.50. The van der Waals surface area contributed by atoms with Gasteiger partial charge in [0.25, 0.3) is 0 Å². The number of benzene rings is 3. The van der Waals surface area contributed by atoms with Gasteiger partial charge in [-0.25, -0.2) is 0 Å². The largest absolute Gasteiger partial charge is 0.396 e. The number of aliphatic hydroxyl groups is 1. The highest BCUT2D eigenvalue weighted by Crippen LogP contribution is 2.28. The van der Waals surface area contributed by atoms with Crippen LogP contribution >= 0.6 is 0 Å². The van der Waals surface area contributed by atoms with E-state index in [1.807, 2.05) is 51.1 Å². The maximum Gasteiger partial charge on any atom is 0.246 e. The highest BCUT2D eigenvalue weighted by molar-refractivity contribution is 6.00. The fourth-order valence-corrected chi connectivity index (χ4v) is 5.42. The lowest BCUT2D eigenvalue weighted by atomic mass is 9.99. The minimum atomic E-state index is -1.00. The number of amides is 6. The van der Waals surface area contributed by atoms with Crippen LogP contribution in [0.1, 0.15) is 69.7 Å². The van der Waals surface area contributed by atoms with Crippen molar-refractivity contribution in [1.29, 1.82) is 0 Å². The highest BCUT2D eigenvalue weighted by Gasteiger charge is 2.27. The van der Waals surface area contributed by atoms with Crippen LogP contribution in [0.15, 0.2) is 72.8 Å². The number of aryl methyl sites for hydroxylation is 1. The molecule has 15 nitrogen and oxygen atoms in total. The second-order valence-electron chi connectivity index (χ2n) is 13.9. The number of hydrogen-bond acceptors (Lipinski definition) is 9. The molecule has 0 radical (unpaired) electrons. The first kappa shape index (κ1) is 44.2. The lowest BCUT2D eigenvalue weighted by Crippen LogP contribution is -2.55. The molecular formula is C41H54N8O7. The molecular weight excluding hydrogens is 716 g/mol. The van der Waals surface area contributed by atoms with Crippen molar-refractivity contribution in [2.45, 2.75) is 79.1 Å². The molecule has 0 unspecified atom stereocenters. The minimum Gasteiger partial charge on any atom is -0.396 e. The van der Waals surface area contributed by atoms with Crippen LogP contribution in [0, 0.1) is 12.8 Å². The Morgan fingerprint density at radius 2 is 1.23 bits per heavy atom. The van der Waals surface area contributed by atoms with E-state index in [1.165, 1.54) is 6.92 Å². The molecule has 300 valence electrons. The zero-order valence-electron chi connectivity index (χ0n) is 32.7. The Hall–Kier alpha value is -6.22. The van der Waals surface area contributed by atoms with Crippen molar-refractivity contribution in [1.82, 2.24) is 26.6 Å². The summed E-state index contributed by atoms with van der Waals surface area (Å²) in [4.78, 5) is 76.0. The van der Waals surface area contributed by atoms with Gasteiger partial charge in [-0.2, -0.15) is 0 Å². The number of hydrogen-bond donors (Lipinski definition) is 9. The number of carbonyl (C=O) groups excluding carboxylic acids is 6. The van der Waals surface area contributed by atoms with Crippen LogP contribution in [0.2, 0.25) is 0 Å². The molecule has 0 aliphatic heterocycles. The molecule has 10 N–H and O–H groups in total. The summed E-state index contributed by atoms with van der Waals surface area (Å²) in [5, 5.41) is 28.1. The Labute approximate surface area is 327 Å². The molecule has 0 bridgehead atoms. The van der Waals surface area contributed by atoms with E-state index in [4.69, 9.17) is 5.73 Å². The maximum absolute atomic E-state index is 13.0. The third kappa shape index (κ3) is 13.9. The summed E-state index contributed by atoms with van der Waals surface area (Å²) >= 11 is 0. The van der Waals surface area contributed by atoms with Crippen LogP contribution in [0.4, 0.5) is 11.4 Å². The van der Waals surface area contributed by atoms with Gasteiger partial charge in [0.1, 0.15) is 12.1 Å². The predicted octanol–water partition coefficient (Wildman–Crippen LogP) is 2.51. The van der Waals surface area contributed by atoms with Crippen molar-refractivity contribution in [3.8, 4) is 0 Å². The van der Waals surface area contributed by atoms with Crippen molar-refractivity contribution in [2.75, 3.05) is 23.7 Å². The number of carbonyl (C=O) groups is 6. The van der Waals surface area contributed by atoms with E-state index in [2.05, 4.69) is 37.2 Å². The van der Waals surface area contributed by atoms with E-state index in [9.17, 15) is 33.9 Å². The lowest BCUT2D eigenvalue weighted by Gasteiger charge is -2.24. The summed E-state index contributed by atoms with van der Waals surface area (Å²) in [6.45, 7) is 9.89.